The number of benzene rings is 2. The SMILES string of the molecule is C=CCOc1ccccc1CNC(=NC)NCc1ccc(S(C)(=O)=O)c(C)c1. The smallest absolute Gasteiger partial charge is 0.191 e. The quantitative estimate of drug-likeness (QED) is 0.404. The number of aryl methyl sites for hydroxylation is 1. The zero-order valence-corrected chi connectivity index (χ0v) is 17.3. The minimum atomic E-state index is -3.21. The Hall–Kier alpha value is -2.80. The summed E-state index contributed by atoms with van der Waals surface area (Å²) in [7, 11) is -1.51. The van der Waals surface area contributed by atoms with E-state index in [0.717, 1.165) is 22.4 Å². The van der Waals surface area contributed by atoms with E-state index in [0.29, 0.717) is 30.6 Å². The van der Waals surface area contributed by atoms with Crippen LogP contribution in [0.3, 0.4) is 0 Å². The van der Waals surface area contributed by atoms with Crippen LogP contribution in [0.15, 0.2) is 65.0 Å². The maximum Gasteiger partial charge on any atom is 0.191 e. The normalized spacial score (nSPS) is 11.8. The summed E-state index contributed by atoms with van der Waals surface area (Å²) in [6.45, 7) is 7.00. The molecular weight excluding hydrogens is 374 g/mol. The van der Waals surface area contributed by atoms with E-state index in [2.05, 4.69) is 22.2 Å². The maximum absolute atomic E-state index is 11.7. The van der Waals surface area contributed by atoms with Crippen LogP contribution in [-0.4, -0.2) is 34.3 Å². The van der Waals surface area contributed by atoms with Crippen molar-refractivity contribution in [3.8, 4) is 5.75 Å². The molecule has 0 aliphatic carbocycles. The number of hydrogen-bond acceptors (Lipinski definition) is 4. The van der Waals surface area contributed by atoms with Gasteiger partial charge >= 0.3 is 0 Å². The molecule has 6 nitrogen and oxygen atoms in total. The second-order valence-electron chi connectivity index (χ2n) is 6.36. The monoisotopic (exact) mass is 401 g/mol. The molecule has 0 spiro atoms. The van der Waals surface area contributed by atoms with Crippen molar-refractivity contribution in [2.24, 2.45) is 4.99 Å². The summed E-state index contributed by atoms with van der Waals surface area (Å²) >= 11 is 0. The number of hydrogen-bond donors (Lipinski definition) is 2. The van der Waals surface area contributed by atoms with Crippen molar-refractivity contribution in [3.63, 3.8) is 0 Å². The van der Waals surface area contributed by atoms with Gasteiger partial charge in [0.2, 0.25) is 0 Å². The van der Waals surface area contributed by atoms with Crippen molar-refractivity contribution < 1.29 is 13.2 Å². The lowest BCUT2D eigenvalue weighted by Gasteiger charge is -2.15. The molecule has 0 saturated carbocycles. The number of aliphatic imine (C=N–C) groups is 1. The lowest BCUT2D eigenvalue weighted by atomic mass is 10.1. The summed E-state index contributed by atoms with van der Waals surface area (Å²) in [4.78, 5) is 4.59. The van der Waals surface area contributed by atoms with Gasteiger partial charge in [0.1, 0.15) is 12.4 Å². The first-order valence-electron chi connectivity index (χ1n) is 8.91. The highest BCUT2D eigenvalue weighted by Gasteiger charge is 2.11. The van der Waals surface area contributed by atoms with E-state index < -0.39 is 9.84 Å². The molecule has 0 radical (unpaired) electrons. The van der Waals surface area contributed by atoms with Gasteiger partial charge in [-0.05, 0) is 30.2 Å². The van der Waals surface area contributed by atoms with E-state index in [1.54, 1.807) is 26.1 Å². The second-order valence-corrected chi connectivity index (χ2v) is 8.34. The van der Waals surface area contributed by atoms with Gasteiger partial charge in [-0.15, -0.1) is 0 Å². The first-order valence-corrected chi connectivity index (χ1v) is 10.8. The summed E-state index contributed by atoms with van der Waals surface area (Å²) in [6.07, 6.45) is 2.93. The van der Waals surface area contributed by atoms with Crippen molar-refractivity contribution in [2.75, 3.05) is 19.9 Å². The average Bonchev–Trinajstić information content (AvgIpc) is 2.66. The van der Waals surface area contributed by atoms with Crippen LogP contribution in [0, 0.1) is 6.92 Å². The van der Waals surface area contributed by atoms with Gasteiger partial charge in [0, 0.05) is 32.0 Å². The Bertz CT molecular complexity index is 953. The van der Waals surface area contributed by atoms with Gasteiger partial charge in [0.05, 0.1) is 4.90 Å². The Balaban J connectivity index is 1.97. The van der Waals surface area contributed by atoms with E-state index in [-0.39, 0.29) is 0 Å². The third-order valence-electron chi connectivity index (χ3n) is 4.10. The van der Waals surface area contributed by atoms with Crippen molar-refractivity contribution in [1.29, 1.82) is 0 Å². The molecule has 0 fully saturated rings. The third kappa shape index (κ3) is 6.13. The van der Waals surface area contributed by atoms with Crippen LogP contribution < -0.4 is 15.4 Å². The molecule has 0 heterocycles. The Kier molecular flexibility index (Phi) is 7.63. The van der Waals surface area contributed by atoms with Gasteiger partial charge in [-0.3, -0.25) is 4.99 Å². The number of nitrogens with zero attached hydrogens (tertiary/aromatic N) is 1. The van der Waals surface area contributed by atoms with E-state index in [1.807, 2.05) is 36.4 Å². The molecule has 0 unspecified atom stereocenters. The number of para-hydroxylation sites is 1. The molecule has 0 aliphatic heterocycles. The van der Waals surface area contributed by atoms with Crippen LogP contribution in [0.1, 0.15) is 16.7 Å². The maximum atomic E-state index is 11.7. The molecule has 0 atom stereocenters. The van der Waals surface area contributed by atoms with Gasteiger partial charge < -0.3 is 15.4 Å². The second kappa shape index (κ2) is 9.94. The first kappa shape index (κ1) is 21.5. The topological polar surface area (TPSA) is 79.8 Å². The lowest BCUT2D eigenvalue weighted by Crippen LogP contribution is -2.36. The predicted octanol–water partition coefficient (Wildman–Crippen LogP) is 2.83. The molecular formula is C21H27N3O3S. The standard InChI is InChI=1S/C21H27N3O3S/c1-5-12-27-19-9-7-6-8-18(19)15-24-21(22-3)23-14-17-10-11-20(16(2)13-17)28(4,25)26/h5-11,13H,1,12,14-15H2,2-4H3,(H2,22,23,24). The molecule has 150 valence electrons. The Morgan fingerprint density at radius 1 is 1.18 bits per heavy atom. The fraction of sp³-hybridized carbons (Fsp3) is 0.286. The Morgan fingerprint density at radius 3 is 2.54 bits per heavy atom. The van der Waals surface area contributed by atoms with Gasteiger partial charge in [-0.1, -0.05) is 43.0 Å². The molecule has 2 aromatic carbocycles. The zero-order chi connectivity index (χ0) is 20.6. The van der Waals surface area contributed by atoms with Crippen molar-refractivity contribution >= 4 is 15.8 Å². The molecule has 2 rings (SSSR count). The van der Waals surface area contributed by atoms with Crippen molar-refractivity contribution in [1.82, 2.24) is 10.6 Å². The summed E-state index contributed by atoms with van der Waals surface area (Å²) in [5.41, 5.74) is 2.72. The van der Waals surface area contributed by atoms with Crippen LogP contribution in [-0.2, 0) is 22.9 Å². The molecule has 0 bridgehead atoms. The summed E-state index contributed by atoms with van der Waals surface area (Å²) in [5.74, 6) is 1.45. The highest BCUT2D eigenvalue weighted by molar-refractivity contribution is 7.90. The Morgan fingerprint density at radius 2 is 1.89 bits per heavy atom. The number of rotatable bonds is 8. The van der Waals surface area contributed by atoms with Crippen LogP contribution in [0.25, 0.3) is 0 Å². The molecule has 0 amide bonds. The number of ether oxygens (including phenoxy) is 1. The molecule has 2 N–H and O–H groups in total. The molecule has 2 aromatic rings. The highest BCUT2D eigenvalue weighted by Crippen LogP contribution is 2.18. The summed E-state index contributed by atoms with van der Waals surface area (Å²) < 4.78 is 29.1. The molecule has 28 heavy (non-hydrogen) atoms. The minimum absolute atomic E-state index is 0.356. The van der Waals surface area contributed by atoms with Crippen molar-refractivity contribution in [2.45, 2.75) is 24.9 Å². The van der Waals surface area contributed by atoms with Crippen LogP contribution in [0.5, 0.6) is 5.75 Å². The molecule has 7 heteroatoms. The van der Waals surface area contributed by atoms with E-state index in [4.69, 9.17) is 4.74 Å². The number of sulfone groups is 1. The molecule has 0 aromatic heterocycles. The molecule has 0 aliphatic rings. The van der Waals surface area contributed by atoms with E-state index in [9.17, 15) is 8.42 Å². The van der Waals surface area contributed by atoms with Gasteiger partial charge in [-0.25, -0.2) is 8.42 Å². The van der Waals surface area contributed by atoms with Crippen LogP contribution in [0.2, 0.25) is 0 Å². The minimum Gasteiger partial charge on any atom is -0.489 e. The van der Waals surface area contributed by atoms with E-state index >= 15 is 0 Å². The fourth-order valence-corrected chi connectivity index (χ4v) is 3.72. The third-order valence-corrected chi connectivity index (χ3v) is 5.35. The average molecular weight is 402 g/mol. The summed E-state index contributed by atoms with van der Waals surface area (Å²) in [5, 5.41) is 6.50. The van der Waals surface area contributed by atoms with Gasteiger partial charge in [-0.2, -0.15) is 0 Å². The number of guanidine groups is 1. The fourth-order valence-electron chi connectivity index (χ4n) is 2.76. The van der Waals surface area contributed by atoms with Crippen molar-refractivity contribution in [3.05, 3.63) is 71.8 Å². The highest BCUT2D eigenvalue weighted by atomic mass is 32.2. The number of nitrogens with one attached hydrogen (secondary N) is 2. The summed E-state index contributed by atoms with van der Waals surface area (Å²) in [6, 6.07) is 13.1. The van der Waals surface area contributed by atoms with Gasteiger partial charge in [0.15, 0.2) is 15.8 Å². The zero-order valence-electron chi connectivity index (χ0n) is 16.5. The van der Waals surface area contributed by atoms with Crippen LogP contribution in [0.4, 0.5) is 0 Å². The van der Waals surface area contributed by atoms with Crippen LogP contribution >= 0.6 is 0 Å². The first-order chi connectivity index (χ1) is 13.3. The lowest BCUT2D eigenvalue weighted by molar-refractivity contribution is 0.358. The molecule has 0 saturated heterocycles. The largest absolute Gasteiger partial charge is 0.489 e. The van der Waals surface area contributed by atoms with E-state index in [1.165, 1.54) is 6.26 Å². The van der Waals surface area contributed by atoms with Gasteiger partial charge in [0.25, 0.3) is 0 Å². The Labute approximate surface area is 167 Å². The predicted molar refractivity (Wildman–Crippen MR) is 113 cm³/mol.